The molecule has 3 fully saturated rings. The van der Waals surface area contributed by atoms with Gasteiger partial charge in [-0.15, -0.1) is 6.58 Å². The Balaban J connectivity index is 1.43. The summed E-state index contributed by atoms with van der Waals surface area (Å²) in [5.74, 6) is -2.60. The zero-order chi connectivity index (χ0) is 37.5. The Labute approximate surface area is 299 Å². The number of ether oxygens (including phenoxy) is 3. The molecule has 2 heterocycles. The van der Waals surface area contributed by atoms with Crippen LogP contribution in [0.2, 0.25) is 0 Å². The second kappa shape index (κ2) is 14.2. The van der Waals surface area contributed by atoms with Gasteiger partial charge in [-0.05, 0) is 81.0 Å². The molecule has 1 aliphatic heterocycles. The van der Waals surface area contributed by atoms with Gasteiger partial charge < -0.3 is 19.1 Å². The average Bonchev–Trinajstić information content (AvgIpc) is 3.94. The zero-order valence-corrected chi connectivity index (χ0v) is 31.2. The summed E-state index contributed by atoms with van der Waals surface area (Å²) in [5.41, 5.74) is -2.83. The molecule has 5 atom stereocenters. The highest BCUT2D eigenvalue weighted by Crippen LogP contribution is 2.57. The van der Waals surface area contributed by atoms with Gasteiger partial charge in [0.25, 0.3) is 0 Å². The van der Waals surface area contributed by atoms with Crippen LogP contribution in [0.4, 0.5) is 0 Å². The summed E-state index contributed by atoms with van der Waals surface area (Å²) < 4.78 is 49.4. The number of carbonyl (C=O) groups excluding carboxylic acids is 4. The van der Waals surface area contributed by atoms with Crippen LogP contribution in [0.15, 0.2) is 43.1 Å². The molecule has 1 aromatic carbocycles. The van der Waals surface area contributed by atoms with E-state index in [0.717, 1.165) is 5.39 Å². The molecule has 2 amide bonds. The molecule has 1 aromatic heterocycles. The van der Waals surface area contributed by atoms with E-state index in [4.69, 9.17) is 18.4 Å². The first-order valence-corrected chi connectivity index (χ1v) is 18.7. The maximum absolute atomic E-state index is 14.5. The quantitative estimate of drug-likeness (QED) is 0.212. The number of pyridine rings is 1. The van der Waals surface area contributed by atoms with Crippen molar-refractivity contribution >= 4 is 44.6 Å². The number of carbonyl (C=O) groups is 4. The number of Topliss-reactive ketones (excluding diaryl/α,β-unsaturated/α-hetero) is 1. The predicted octanol–water partition coefficient (Wildman–Crippen LogP) is 4.68. The Bertz CT molecular complexity index is 1810. The Morgan fingerprint density at radius 1 is 1.10 bits per heavy atom. The summed E-state index contributed by atoms with van der Waals surface area (Å²) in [4.78, 5) is 61.2. The largest absolute Gasteiger partial charge is 0.497 e. The van der Waals surface area contributed by atoms with Crippen molar-refractivity contribution in [2.24, 2.45) is 22.7 Å². The maximum atomic E-state index is 14.5. The lowest BCUT2D eigenvalue weighted by molar-refractivity contribution is -0.161. The molecule has 13 nitrogen and oxygen atoms in total. The first-order chi connectivity index (χ1) is 23.7. The number of nitrogens with one attached hydrogen (secondary N) is 1. The van der Waals surface area contributed by atoms with Crippen LogP contribution in [-0.4, -0.2) is 79.4 Å². The van der Waals surface area contributed by atoms with Crippen molar-refractivity contribution in [3.63, 3.8) is 0 Å². The minimum Gasteiger partial charge on any atom is -0.497 e. The first kappa shape index (κ1) is 38.2. The molecule has 5 rings (SSSR count). The summed E-state index contributed by atoms with van der Waals surface area (Å²) >= 11 is 0. The van der Waals surface area contributed by atoms with Gasteiger partial charge >= 0.3 is 16.3 Å². The highest BCUT2D eigenvalue weighted by atomic mass is 32.2. The van der Waals surface area contributed by atoms with E-state index in [1.807, 2.05) is 43.7 Å². The van der Waals surface area contributed by atoms with E-state index in [0.29, 0.717) is 29.9 Å². The maximum Gasteiger partial charge on any atom is 0.362 e. The number of hydrogen-bond donors (Lipinski definition) is 1. The standard InChI is InChI=1S/C37H49N3O10S/c1-9-23-19-37(23,34(44)39-51(45,46)50-24-10-11-24)20-30(41)29-17-26(48-32-27-13-12-25(47-8)16-22(27)14-15-38-32)21-40(29)33(43)28(35(2,3)4)18-31(42)49-36(5,6)7/h9,12-16,23-24,26,28-29H,1,10-11,17-21H2,2-8H3,(H,39,44)/t23-,26-,28-,29+,37-/m1/s1. The number of methoxy groups -OCH3 is 1. The smallest absolute Gasteiger partial charge is 0.362 e. The van der Waals surface area contributed by atoms with E-state index in [1.54, 1.807) is 40.1 Å². The van der Waals surface area contributed by atoms with Crippen LogP contribution in [0.25, 0.3) is 10.8 Å². The first-order valence-electron chi connectivity index (χ1n) is 17.3. The fourth-order valence-electron chi connectivity index (χ4n) is 6.65. The van der Waals surface area contributed by atoms with Crippen molar-refractivity contribution in [2.45, 2.75) is 104 Å². The van der Waals surface area contributed by atoms with E-state index in [-0.39, 0.29) is 32.2 Å². The number of fused-ring (bicyclic) bond motifs is 1. The van der Waals surface area contributed by atoms with Crippen LogP contribution in [0.3, 0.4) is 0 Å². The Hall–Kier alpha value is -4.04. The van der Waals surface area contributed by atoms with Crippen LogP contribution in [0.5, 0.6) is 11.6 Å². The highest BCUT2D eigenvalue weighted by molar-refractivity contribution is 7.85. The van der Waals surface area contributed by atoms with Crippen molar-refractivity contribution in [3.05, 3.63) is 43.1 Å². The number of amides is 2. The number of aromatic nitrogens is 1. The van der Waals surface area contributed by atoms with Crippen molar-refractivity contribution in [3.8, 4) is 11.6 Å². The number of hydrogen-bond acceptors (Lipinski definition) is 11. The van der Waals surface area contributed by atoms with Gasteiger partial charge in [-0.25, -0.2) is 9.71 Å². The van der Waals surface area contributed by atoms with Crippen molar-refractivity contribution in [1.82, 2.24) is 14.6 Å². The lowest BCUT2D eigenvalue weighted by atomic mass is 9.77. The average molecular weight is 728 g/mol. The number of ketones is 1. The van der Waals surface area contributed by atoms with Crippen molar-refractivity contribution in [1.29, 1.82) is 0 Å². The van der Waals surface area contributed by atoms with Gasteiger partial charge in [0, 0.05) is 24.4 Å². The molecule has 0 bridgehead atoms. The SMILES string of the molecule is C=C[C@@H]1C[C@]1(CC(=O)[C@@H]1C[C@@H](Oc2nccc3cc(OC)ccc23)CN1C(=O)[C@@H](CC(=O)OC(C)(C)C)C(C)(C)C)C(=O)NS(=O)(=O)OC1CC1. The molecule has 14 heteroatoms. The number of allylic oxidation sites excluding steroid dienone is 1. The summed E-state index contributed by atoms with van der Waals surface area (Å²) in [6.07, 6.45) is 2.89. The molecule has 1 N–H and O–H groups in total. The van der Waals surface area contributed by atoms with Gasteiger partial charge in [-0.3, -0.25) is 23.4 Å². The molecule has 2 saturated carbocycles. The lowest BCUT2D eigenvalue weighted by Crippen LogP contribution is -2.48. The van der Waals surface area contributed by atoms with Crippen LogP contribution in [-0.2, 0) is 38.4 Å². The normalized spacial score (nSPS) is 24.1. The fourth-order valence-corrected chi connectivity index (χ4v) is 7.68. The molecule has 278 valence electrons. The van der Waals surface area contributed by atoms with E-state index in [1.165, 1.54) is 11.0 Å². The van der Waals surface area contributed by atoms with Crippen LogP contribution in [0, 0.1) is 22.7 Å². The van der Waals surface area contributed by atoms with Gasteiger partial charge in [0.05, 0.1) is 43.6 Å². The van der Waals surface area contributed by atoms with Crippen LogP contribution in [0.1, 0.15) is 80.1 Å². The zero-order valence-electron chi connectivity index (χ0n) is 30.4. The molecule has 0 unspecified atom stereocenters. The van der Waals surface area contributed by atoms with Gasteiger partial charge in [-0.1, -0.05) is 26.8 Å². The Morgan fingerprint density at radius 2 is 1.80 bits per heavy atom. The molecule has 1 saturated heterocycles. The molecule has 0 radical (unpaired) electrons. The van der Waals surface area contributed by atoms with Gasteiger partial charge in [0.1, 0.15) is 17.5 Å². The van der Waals surface area contributed by atoms with Gasteiger partial charge in [-0.2, -0.15) is 8.42 Å². The molecule has 51 heavy (non-hydrogen) atoms. The topological polar surface area (TPSA) is 168 Å². The van der Waals surface area contributed by atoms with E-state index >= 15 is 0 Å². The van der Waals surface area contributed by atoms with Gasteiger partial charge in [0.15, 0.2) is 5.78 Å². The number of rotatable bonds is 14. The second-order valence-electron chi connectivity index (χ2n) is 15.9. The summed E-state index contributed by atoms with van der Waals surface area (Å²) in [6.45, 7) is 14.6. The molecule has 2 aliphatic carbocycles. The number of esters is 1. The molecule has 0 spiro atoms. The van der Waals surface area contributed by atoms with E-state index < -0.39 is 80.4 Å². The molecule has 2 aromatic rings. The van der Waals surface area contributed by atoms with Gasteiger partial charge in [0.2, 0.25) is 17.7 Å². The minimum atomic E-state index is -4.38. The second-order valence-corrected chi connectivity index (χ2v) is 17.2. The highest BCUT2D eigenvalue weighted by Gasteiger charge is 2.61. The molecule has 3 aliphatic rings. The van der Waals surface area contributed by atoms with Crippen LogP contribution >= 0.6 is 0 Å². The predicted molar refractivity (Wildman–Crippen MR) is 188 cm³/mol. The molecular formula is C37H49N3O10S. The summed E-state index contributed by atoms with van der Waals surface area (Å²) in [7, 11) is -2.81. The lowest BCUT2D eigenvalue weighted by Gasteiger charge is -2.35. The number of benzene rings is 1. The monoisotopic (exact) mass is 727 g/mol. The third-order valence-electron chi connectivity index (χ3n) is 9.63. The fraction of sp³-hybridized carbons (Fsp3) is 0.595. The number of likely N-dealkylation sites (tertiary alicyclic amines) is 1. The Kier molecular flexibility index (Phi) is 10.6. The molecular weight excluding hydrogens is 678 g/mol. The summed E-state index contributed by atoms with van der Waals surface area (Å²) in [6, 6.07) is 6.23. The van der Waals surface area contributed by atoms with Crippen molar-refractivity contribution < 1.29 is 46.0 Å². The van der Waals surface area contributed by atoms with E-state index in [2.05, 4.69) is 11.6 Å². The minimum absolute atomic E-state index is 0.0120. The summed E-state index contributed by atoms with van der Waals surface area (Å²) in [5, 5.41) is 1.53. The van der Waals surface area contributed by atoms with E-state index in [9.17, 15) is 27.6 Å². The number of nitrogens with zero attached hydrogens (tertiary/aromatic N) is 2. The Morgan fingerprint density at radius 3 is 2.39 bits per heavy atom. The third-order valence-corrected chi connectivity index (χ3v) is 10.6. The van der Waals surface area contributed by atoms with Crippen molar-refractivity contribution in [2.75, 3.05) is 13.7 Å². The van der Waals surface area contributed by atoms with Crippen LogP contribution < -0.4 is 14.2 Å². The third kappa shape index (κ3) is 9.07.